The van der Waals surface area contributed by atoms with Gasteiger partial charge in [-0.25, -0.2) is 4.39 Å². The van der Waals surface area contributed by atoms with Crippen LogP contribution in [0.4, 0.5) is 4.39 Å². The number of hydrogen-bond acceptors (Lipinski definition) is 2. The van der Waals surface area contributed by atoms with Crippen molar-refractivity contribution in [3.63, 3.8) is 0 Å². The van der Waals surface area contributed by atoms with Crippen molar-refractivity contribution >= 4 is 0 Å². The number of pyridine rings is 1. The molecule has 4 aliphatic carbocycles. The van der Waals surface area contributed by atoms with Gasteiger partial charge in [-0.2, -0.15) is 0 Å². The van der Waals surface area contributed by atoms with E-state index in [4.69, 9.17) is 0 Å². The lowest BCUT2D eigenvalue weighted by Gasteiger charge is -2.57. The lowest BCUT2D eigenvalue weighted by Crippen LogP contribution is -2.47. The van der Waals surface area contributed by atoms with Gasteiger partial charge in [0.25, 0.3) is 0 Å². The summed E-state index contributed by atoms with van der Waals surface area (Å²) in [5.41, 5.74) is 1.27. The molecule has 4 saturated carbocycles. The molecule has 0 aromatic carbocycles. The Morgan fingerprint density at radius 3 is 2.38 bits per heavy atom. The van der Waals surface area contributed by atoms with Crippen molar-refractivity contribution in [2.45, 2.75) is 51.0 Å². The fraction of sp³-hybridized carbons (Fsp3) is 0.722. The number of halogens is 1. The summed E-state index contributed by atoms with van der Waals surface area (Å²) in [7, 11) is 1.96. The van der Waals surface area contributed by atoms with E-state index < -0.39 is 0 Å². The molecule has 1 unspecified atom stereocenters. The monoisotopic (exact) mass is 288 g/mol. The van der Waals surface area contributed by atoms with Crippen LogP contribution in [-0.4, -0.2) is 12.0 Å². The van der Waals surface area contributed by atoms with Gasteiger partial charge < -0.3 is 5.32 Å². The molecular formula is C18H25FN2. The van der Waals surface area contributed by atoms with E-state index in [2.05, 4.69) is 10.3 Å². The number of nitrogens with one attached hydrogen (secondary N) is 1. The van der Waals surface area contributed by atoms with Crippen LogP contribution < -0.4 is 5.32 Å². The van der Waals surface area contributed by atoms with Crippen molar-refractivity contribution in [1.29, 1.82) is 0 Å². The van der Waals surface area contributed by atoms with Crippen LogP contribution in [0.15, 0.2) is 18.5 Å². The molecule has 1 heterocycles. The van der Waals surface area contributed by atoms with Crippen molar-refractivity contribution in [3.8, 4) is 0 Å². The van der Waals surface area contributed by atoms with E-state index in [0.29, 0.717) is 5.41 Å². The molecule has 0 spiro atoms. The van der Waals surface area contributed by atoms with Crippen LogP contribution in [0.1, 0.15) is 56.6 Å². The zero-order chi connectivity index (χ0) is 14.4. The predicted octanol–water partition coefficient (Wildman–Crippen LogP) is 4.09. The first kappa shape index (κ1) is 13.7. The summed E-state index contributed by atoms with van der Waals surface area (Å²) in [6.45, 7) is 0. The Morgan fingerprint density at radius 1 is 1.24 bits per heavy atom. The van der Waals surface area contributed by atoms with Crippen molar-refractivity contribution in [2.75, 3.05) is 7.05 Å². The normalized spacial score (nSPS) is 38.7. The zero-order valence-electron chi connectivity index (χ0n) is 12.8. The first-order chi connectivity index (χ1) is 10.2. The van der Waals surface area contributed by atoms with Gasteiger partial charge in [-0.15, -0.1) is 0 Å². The van der Waals surface area contributed by atoms with E-state index in [9.17, 15) is 4.39 Å². The standard InChI is InChI=1S/C18H25FN2/c1-20-17(15-2-3-21-11-16(15)19)10-18-7-12-4-13(8-18)6-14(5-12)9-18/h2-3,11-14,17,20H,4-10H2,1H3. The molecule has 2 nitrogen and oxygen atoms in total. The molecule has 1 aromatic rings. The Kier molecular flexibility index (Phi) is 3.29. The van der Waals surface area contributed by atoms with Gasteiger partial charge in [0.2, 0.25) is 0 Å². The second-order valence-electron chi connectivity index (χ2n) is 7.86. The minimum Gasteiger partial charge on any atom is -0.313 e. The third-order valence-corrected chi connectivity index (χ3v) is 6.33. The first-order valence-electron chi connectivity index (χ1n) is 8.44. The van der Waals surface area contributed by atoms with E-state index in [1.807, 2.05) is 13.1 Å². The van der Waals surface area contributed by atoms with E-state index in [-0.39, 0.29) is 11.9 Å². The van der Waals surface area contributed by atoms with Crippen molar-refractivity contribution in [2.24, 2.45) is 23.2 Å². The van der Waals surface area contributed by atoms with Crippen LogP contribution in [0, 0.1) is 29.0 Å². The van der Waals surface area contributed by atoms with Crippen LogP contribution in [0.3, 0.4) is 0 Å². The van der Waals surface area contributed by atoms with Crippen LogP contribution in [0.2, 0.25) is 0 Å². The second-order valence-corrected chi connectivity index (χ2v) is 7.86. The van der Waals surface area contributed by atoms with Crippen LogP contribution >= 0.6 is 0 Å². The van der Waals surface area contributed by atoms with Crippen LogP contribution in [-0.2, 0) is 0 Å². The summed E-state index contributed by atoms with van der Waals surface area (Å²) in [4.78, 5) is 3.89. The molecule has 5 rings (SSSR count). The SMILES string of the molecule is CNC(CC12CC3CC(CC(C3)C1)C2)c1ccncc1F. The van der Waals surface area contributed by atoms with Gasteiger partial charge >= 0.3 is 0 Å². The highest BCUT2D eigenvalue weighted by Crippen LogP contribution is 2.62. The molecule has 4 fully saturated rings. The molecular weight excluding hydrogens is 263 g/mol. The number of nitrogens with zero attached hydrogens (tertiary/aromatic N) is 1. The van der Waals surface area contributed by atoms with Gasteiger partial charge in [-0.05, 0) is 81.2 Å². The fourth-order valence-electron chi connectivity index (χ4n) is 6.01. The van der Waals surface area contributed by atoms with Crippen molar-refractivity contribution in [3.05, 3.63) is 29.8 Å². The summed E-state index contributed by atoms with van der Waals surface area (Å²) >= 11 is 0. The molecule has 1 aromatic heterocycles. The summed E-state index contributed by atoms with van der Waals surface area (Å²) in [5, 5.41) is 3.37. The average molecular weight is 288 g/mol. The molecule has 3 heteroatoms. The molecule has 4 aliphatic rings. The Morgan fingerprint density at radius 2 is 1.86 bits per heavy atom. The van der Waals surface area contributed by atoms with Crippen LogP contribution in [0.25, 0.3) is 0 Å². The third-order valence-electron chi connectivity index (χ3n) is 6.33. The van der Waals surface area contributed by atoms with Gasteiger partial charge in [0.05, 0.1) is 6.20 Å². The Bertz CT molecular complexity index is 492. The maximum Gasteiger partial charge on any atom is 0.146 e. The van der Waals surface area contributed by atoms with Gasteiger partial charge in [0, 0.05) is 17.8 Å². The molecule has 21 heavy (non-hydrogen) atoms. The van der Waals surface area contributed by atoms with Crippen molar-refractivity contribution < 1.29 is 4.39 Å². The highest BCUT2D eigenvalue weighted by molar-refractivity contribution is 5.18. The van der Waals surface area contributed by atoms with E-state index in [1.54, 1.807) is 6.20 Å². The summed E-state index contributed by atoms with van der Waals surface area (Å²) in [6.07, 6.45) is 12.7. The quantitative estimate of drug-likeness (QED) is 0.902. The maximum atomic E-state index is 14.1. The van der Waals surface area contributed by atoms with Gasteiger partial charge in [0.15, 0.2) is 0 Å². The lowest BCUT2D eigenvalue weighted by atomic mass is 9.48. The predicted molar refractivity (Wildman–Crippen MR) is 81.2 cm³/mol. The van der Waals surface area contributed by atoms with E-state index >= 15 is 0 Å². The Balaban J connectivity index is 1.58. The topological polar surface area (TPSA) is 24.9 Å². The summed E-state index contributed by atoms with van der Waals surface area (Å²) in [5.74, 6) is 2.70. The van der Waals surface area contributed by atoms with E-state index in [0.717, 1.165) is 29.7 Å². The third kappa shape index (κ3) is 2.40. The highest BCUT2D eigenvalue weighted by atomic mass is 19.1. The lowest BCUT2D eigenvalue weighted by molar-refractivity contribution is -0.0620. The summed E-state index contributed by atoms with van der Waals surface area (Å²) in [6, 6.07) is 1.97. The largest absolute Gasteiger partial charge is 0.313 e. The molecule has 1 N–H and O–H groups in total. The van der Waals surface area contributed by atoms with Gasteiger partial charge in [-0.1, -0.05) is 0 Å². The smallest absolute Gasteiger partial charge is 0.146 e. The minimum atomic E-state index is -0.165. The fourth-order valence-corrected chi connectivity index (χ4v) is 6.01. The molecule has 0 radical (unpaired) electrons. The Hall–Kier alpha value is -0.960. The number of rotatable bonds is 4. The highest BCUT2D eigenvalue weighted by Gasteiger charge is 2.51. The zero-order valence-corrected chi connectivity index (χ0v) is 12.8. The summed E-state index contributed by atoms with van der Waals surface area (Å²) < 4.78 is 14.1. The Labute approximate surface area is 126 Å². The minimum absolute atomic E-state index is 0.129. The van der Waals surface area contributed by atoms with Gasteiger partial charge in [0.1, 0.15) is 5.82 Å². The van der Waals surface area contributed by atoms with E-state index in [1.165, 1.54) is 44.7 Å². The molecule has 114 valence electrons. The molecule has 0 aliphatic heterocycles. The number of aromatic nitrogens is 1. The molecule has 0 amide bonds. The first-order valence-corrected chi connectivity index (χ1v) is 8.44. The number of hydrogen-bond donors (Lipinski definition) is 1. The molecule has 4 bridgehead atoms. The van der Waals surface area contributed by atoms with Crippen LogP contribution in [0.5, 0.6) is 0 Å². The van der Waals surface area contributed by atoms with Gasteiger partial charge in [-0.3, -0.25) is 4.98 Å². The second kappa shape index (κ2) is 5.05. The van der Waals surface area contributed by atoms with Crippen molar-refractivity contribution in [1.82, 2.24) is 10.3 Å². The molecule has 1 atom stereocenters. The average Bonchev–Trinajstić information content (AvgIpc) is 2.44. The molecule has 0 saturated heterocycles. The maximum absolute atomic E-state index is 14.1.